The highest BCUT2D eigenvalue weighted by Crippen LogP contribution is 2.29. The molecule has 0 radical (unpaired) electrons. The van der Waals surface area contributed by atoms with Crippen LogP contribution >= 0.6 is 34.9 Å². The Morgan fingerprint density at radius 3 is 2.36 bits per heavy atom. The van der Waals surface area contributed by atoms with Crippen molar-refractivity contribution in [2.45, 2.75) is 28.4 Å². The van der Waals surface area contributed by atoms with E-state index in [-0.39, 0.29) is 29.3 Å². The van der Waals surface area contributed by atoms with Gasteiger partial charge in [0.05, 0.1) is 24.0 Å². The van der Waals surface area contributed by atoms with Crippen molar-refractivity contribution in [2.24, 2.45) is 11.7 Å². The summed E-state index contributed by atoms with van der Waals surface area (Å²) in [6.07, 6.45) is 1.28. The second-order valence-electron chi connectivity index (χ2n) is 5.28. The standard InChI is InChI=1S/C14H20N4O4S3/c1-2-22-12(21)9-3-5-18(6-4-9)11(20)8-24-14-17-16-13(25-14)23-7-10(15)19/h9H,2-8H2,1H3,(H2,15,19). The average Bonchev–Trinajstić information content (AvgIpc) is 3.06. The number of nitrogens with two attached hydrogens (primary N) is 1. The number of esters is 1. The van der Waals surface area contributed by atoms with Crippen molar-refractivity contribution < 1.29 is 19.1 Å². The number of likely N-dealkylation sites (tertiary alicyclic amines) is 1. The molecule has 2 heterocycles. The number of hydrogen-bond donors (Lipinski definition) is 1. The zero-order chi connectivity index (χ0) is 18.2. The van der Waals surface area contributed by atoms with Gasteiger partial charge in [0.2, 0.25) is 11.8 Å². The van der Waals surface area contributed by atoms with E-state index in [1.165, 1.54) is 34.9 Å². The monoisotopic (exact) mass is 404 g/mol. The highest BCUT2D eigenvalue weighted by atomic mass is 32.2. The molecule has 2 N–H and O–H groups in total. The van der Waals surface area contributed by atoms with Crippen LogP contribution in [-0.2, 0) is 19.1 Å². The first-order valence-electron chi connectivity index (χ1n) is 7.81. The molecule has 2 rings (SSSR count). The molecule has 0 aromatic carbocycles. The largest absolute Gasteiger partial charge is 0.466 e. The molecule has 0 spiro atoms. The Labute approximate surface area is 158 Å². The van der Waals surface area contributed by atoms with Crippen LogP contribution < -0.4 is 5.73 Å². The fraction of sp³-hybridized carbons (Fsp3) is 0.643. The highest BCUT2D eigenvalue weighted by molar-refractivity contribution is 8.03. The minimum atomic E-state index is -0.407. The lowest BCUT2D eigenvalue weighted by atomic mass is 9.97. The SMILES string of the molecule is CCOC(=O)C1CCN(C(=O)CSc2nnc(SCC(N)=O)s2)CC1. The maximum absolute atomic E-state index is 12.3. The van der Waals surface area contributed by atoms with Gasteiger partial charge in [0.25, 0.3) is 0 Å². The van der Waals surface area contributed by atoms with Crippen LogP contribution in [0.5, 0.6) is 0 Å². The maximum Gasteiger partial charge on any atom is 0.309 e. The first-order chi connectivity index (χ1) is 12.0. The third kappa shape index (κ3) is 6.48. The Morgan fingerprint density at radius 2 is 1.80 bits per heavy atom. The van der Waals surface area contributed by atoms with Crippen LogP contribution in [0.25, 0.3) is 0 Å². The molecule has 1 saturated heterocycles. The van der Waals surface area contributed by atoms with Crippen LogP contribution in [0.15, 0.2) is 8.68 Å². The molecular formula is C14H20N4O4S3. The van der Waals surface area contributed by atoms with Gasteiger partial charge in [-0.3, -0.25) is 14.4 Å². The lowest BCUT2D eigenvalue weighted by Gasteiger charge is -2.30. The van der Waals surface area contributed by atoms with Gasteiger partial charge in [-0.25, -0.2) is 0 Å². The minimum Gasteiger partial charge on any atom is -0.466 e. The van der Waals surface area contributed by atoms with E-state index >= 15 is 0 Å². The summed E-state index contributed by atoms with van der Waals surface area (Å²) in [5, 5.41) is 7.95. The summed E-state index contributed by atoms with van der Waals surface area (Å²) in [5.74, 6) is -0.222. The van der Waals surface area contributed by atoms with Crippen molar-refractivity contribution in [3.05, 3.63) is 0 Å². The zero-order valence-corrected chi connectivity index (χ0v) is 16.3. The molecule has 138 valence electrons. The molecule has 11 heteroatoms. The van der Waals surface area contributed by atoms with Crippen molar-refractivity contribution in [1.82, 2.24) is 15.1 Å². The summed E-state index contributed by atoms with van der Waals surface area (Å²) in [6.45, 7) is 3.31. The normalized spacial score (nSPS) is 15.2. The van der Waals surface area contributed by atoms with Crippen LogP contribution in [0.4, 0.5) is 0 Å². The fourth-order valence-corrected chi connectivity index (χ4v) is 4.95. The predicted octanol–water partition coefficient (Wildman–Crippen LogP) is 1.01. The van der Waals surface area contributed by atoms with Crippen LogP contribution in [0.2, 0.25) is 0 Å². The average molecular weight is 405 g/mol. The molecular weight excluding hydrogens is 384 g/mol. The van der Waals surface area contributed by atoms with Gasteiger partial charge in [-0.2, -0.15) is 0 Å². The van der Waals surface area contributed by atoms with Gasteiger partial charge in [0, 0.05) is 13.1 Å². The van der Waals surface area contributed by atoms with E-state index in [9.17, 15) is 14.4 Å². The van der Waals surface area contributed by atoms with E-state index in [1.54, 1.807) is 11.8 Å². The first kappa shape index (κ1) is 20.0. The van der Waals surface area contributed by atoms with Crippen LogP contribution in [0.1, 0.15) is 19.8 Å². The number of aromatic nitrogens is 2. The van der Waals surface area contributed by atoms with E-state index in [0.717, 1.165) is 0 Å². The molecule has 1 aliphatic rings. The molecule has 8 nitrogen and oxygen atoms in total. The fourth-order valence-electron chi connectivity index (χ4n) is 2.29. The number of rotatable bonds is 8. The number of ether oxygens (including phenoxy) is 1. The molecule has 1 aromatic rings. The van der Waals surface area contributed by atoms with Crippen molar-refractivity contribution in [2.75, 3.05) is 31.2 Å². The number of nitrogens with zero attached hydrogens (tertiary/aromatic N) is 3. The van der Waals surface area contributed by atoms with E-state index < -0.39 is 5.91 Å². The van der Waals surface area contributed by atoms with E-state index in [0.29, 0.717) is 41.2 Å². The van der Waals surface area contributed by atoms with Crippen LogP contribution in [0, 0.1) is 5.92 Å². The van der Waals surface area contributed by atoms with E-state index in [1.807, 2.05) is 0 Å². The lowest BCUT2D eigenvalue weighted by molar-refractivity contribution is -0.151. The Morgan fingerprint density at radius 1 is 1.20 bits per heavy atom. The van der Waals surface area contributed by atoms with E-state index in [2.05, 4.69) is 10.2 Å². The summed E-state index contributed by atoms with van der Waals surface area (Å²) in [4.78, 5) is 36.5. The predicted molar refractivity (Wildman–Crippen MR) is 96.5 cm³/mol. The van der Waals surface area contributed by atoms with Gasteiger partial charge in [-0.1, -0.05) is 34.9 Å². The third-order valence-electron chi connectivity index (χ3n) is 3.51. The molecule has 1 aliphatic heterocycles. The van der Waals surface area contributed by atoms with Crippen molar-refractivity contribution in [3.63, 3.8) is 0 Å². The van der Waals surface area contributed by atoms with Gasteiger partial charge in [0.1, 0.15) is 0 Å². The Kier molecular flexibility index (Phi) is 7.97. The van der Waals surface area contributed by atoms with Crippen molar-refractivity contribution >= 4 is 52.6 Å². The molecule has 1 aromatic heterocycles. The quantitative estimate of drug-likeness (QED) is 0.504. The maximum atomic E-state index is 12.3. The van der Waals surface area contributed by atoms with Gasteiger partial charge in [-0.05, 0) is 19.8 Å². The number of amides is 2. The summed E-state index contributed by atoms with van der Waals surface area (Å²) >= 11 is 3.90. The smallest absolute Gasteiger partial charge is 0.309 e. The highest BCUT2D eigenvalue weighted by Gasteiger charge is 2.28. The molecule has 0 unspecified atom stereocenters. The number of carbonyl (C=O) groups excluding carboxylic acids is 3. The molecule has 0 aliphatic carbocycles. The number of primary amides is 1. The lowest BCUT2D eigenvalue weighted by Crippen LogP contribution is -2.41. The second kappa shape index (κ2) is 9.97. The third-order valence-corrected chi connectivity index (χ3v) is 6.71. The van der Waals surface area contributed by atoms with E-state index in [4.69, 9.17) is 10.5 Å². The summed E-state index contributed by atoms with van der Waals surface area (Å²) in [6, 6.07) is 0. The van der Waals surface area contributed by atoms with Crippen molar-refractivity contribution in [3.8, 4) is 0 Å². The zero-order valence-electron chi connectivity index (χ0n) is 13.8. The molecule has 0 saturated carbocycles. The Hall–Kier alpha value is -1.33. The Bertz CT molecular complexity index is 617. The van der Waals surface area contributed by atoms with Crippen molar-refractivity contribution in [1.29, 1.82) is 0 Å². The molecule has 25 heavy (non-hydrogen) atoms. The van der Waals surface area contributed by atoms with Gasteiger partial charge >= 0.3 is 5.97 Å². The molecule has 0 atom stereocenters. The molecule has 1 fully saturated rings. The van der Waals surface area contributed by atoms with Gasteiger partial charge in [0.15, 0.2) is 8.68 Å². The molecule has 2 amide bonds. The topological polar surface area (TPSA) is 115 Å². The number of thioether (sulfide) groups is 2. The molecule has 0 bridgehead atoms. The first-order valence-corrected chi connectivity index (χ1v) is 10.6. The van der Waals surface area contributed by atoms with Gasteiger partial charge < -0.3 is 15.4 Å². The second-order valence-corrected chi connectivity index (χ2v) is 8.71. The number of carbonyl (C=O) groups is 3. The number of piperidine rings is 1. The minimum absolute atomic E-state index is 0.0221. The summed E-state index contributed by atoms with van der Waals surface area (Å²) in [7, 11) is 0. The summed E-state index contributed by atoms with van der Waals surface area (Å²) in [5.41, 5.74) is 5.09. The summed E-state index contributed by atoms with van der Waals surface area (Å²) < 4.78 is 6.37. The number of hydrogen-bond acceptors (Lipinski definition) is 9. The van der Waals surface area contributed by atoms with Gasteiger partial charge in [-0.15, -0.1) is 10.2 Å². The Balaban J connectivity index is 1.72. The van der Waals surface area contributed by atoms with Crippen LogP contribution in [-0.4, -0.2) is 64.1 Å². The van der Waals surface area contributed by atoms with Crippen LogP contribution in [0.3, 0.4) is 0 Å².